The summed E-state index contributed by atoms with van der Waals surface area (Å²) in [5, 5.41) is 12.5. The van der Waals surface area contributed by atoms with Gasteiger partial charge in [0, 0.05) is 19.7 Å². The molecular formula is C16H32N2O2. The van der Waals surface area contributed by atoms with E-state index < -0.39 is 0 Å². The lowest BCUT2D eigenvalue weighted by Gasteiger charge is -2.31. The lowest BCUT2D eigenvalue weighted by Crippen LogP contribution is -2.41. The molecule has 1 rings (SSSR count). The van der Waals surface area contributed by atoms with Crippen LogP contribution in [-0.4, -0.2) is 30.7 Å². The molecule has 0 aromatic rings. The highest BCUT2D eigenvalue weighted by Gasteiger charge is 2.27. The fraction of sp³-hybridized carbons (Fsp3) is 0.938. The minimum absolute atomic E-state index is 0.0738. The fourth-order valence-corrected chi connectivity index (χ4v) is 3.19. The standard InChI is InChI=1S/C16H32N2O2/c1-16(2,3)8-14(9-17)15(20)18-10-12-6-4-5-7-13(12)11-19/h12-14,19H,4-11,17H2,1-3H3,(H,18,20). The van der Waals surface area contributed by atoms with Crippen molar-refractivity contribution < 1.29 is 9.90 Å². The SMILES string of the molecule is CC(C)(C)CC(CN)C(=O)NCC1CCCCC1CO. The van der Waals surface area contributed by atoms with E-state index in [2.05, 4.69) is 26.1 Å². The molecule has 4 heteroatoms. The number of hydrogen-bond donors (Lipinski definition) is 3. The molecule has 0 aliphatic heterocycles. The normalized spacial score (nSPS) is 25.2. The number of nitrogens with two attached hydrogens (primary N) is 1. The molecule has 118 valence electrons. The van der Waals surface area contributed by atoms with Gasteiger partial charge in [0.15, 0.2) is 0 Å². The second kappa shape index (κ2) is 7.99. The van der Waals surface area contributed by atoms with Crippen LogP contribution in [0.2, 0.25) is 0 Å². The average molecular weight is 284 g/mol. The summed E-state index contributed by atoms with van der Waals surface area (Å²) in [7, 11) is 0. The van der Waals surface area contributed by atoms with Gasteiger partial charge in [-0.1, -0.05) is 33.6 Å². The summed E-state index contributed by atoms with van der Waals surface area (Å²) in [4.78, 5) is 12.2. The van der Waals surface area contributed by atoms with Crippen molar-refractivity contribution in [2.45, 2.75) is 52.9 Å². The van der Waals surface area contributed by atoms with E-state index in [0.29, 0.717) is 24.9 Å². The Bertz CT molecular complexity index is 299. The summed E-state index contributed by atoms with van der Waals surface area (Å²) in [6, 6.07) is 0. The lowest BCUT2D eigenvalue weighted by molar-refractivity contribution is -0.126. The Morgan fingerprint density at radius 1 is 1.30 bits per heavy atom. The molecule has 3 atom stereocenters. The zero-order valence-corrected chi connectivity index (χ0v) is 13.3. The molecule has 1 amide bonds. The van der Waals surface area contributed by atoms with Gasteiger partial charge in [0.1, 0.15) is 0 Å². The van der Waals surface area contributed by atoms with Crippen molar-refractivity contribution in [1.82, 2.24) is 5.32 Å². The van der Waals surface area contributed by atoms with Crippen molar-refractivity contribution in [2.75, 3.05) is 19.7 Å². The van der Waals surface area contributed by atoms with Crippen LogP contribution in [0.15, 0.2) is 0 Å². The zero-order valence-electron chi connectivity index (χ0n) is 13.3. The minimum atomic E-state index is -0.105. The van der Waals surface area contributed by atoms with Gasteiger partial charge in [-0.3, -0.25) is 4.79 Å². The highest BCUT2D eigenvalue weighted by atomic mass is 16.3. The second-order valence-electron chi connectivity index (χ2n) is 7.43. The average Bonchev–Trinajstić information content (AvgIpc) is 2.41. The Morgan fingerprint density at radius 3 is 2.40 bits per heavy atom. The van der Waals surface area contributed by atoms with Crippen LogP contribution < -0.4 is 11.1 Å². The summed E-state index contributed by atoms with van der Waals surface area (Å²) in [5.41, 5.74) is 5.85. The Hall–Kier alpha value is -0.610. The topological polar surface area (TPSA) is 75.4 Å². The van der Waals surface area contributed by atoms with Crippen LogP contribution in [-0.2, 0) is 4.79 Å². The van der Waals surface area contributed by atoms with E-state index in [0.717, 1.165) is 19.3 Å². The molecule has 1 fully saturated rings. The Labute approximate surface area is 123 Å². The molecule has 3 unspecified atom stereocenters. The van der Waals surface area contributed by atoms with Crippen LogP contribution in [0.25, 0.3) is 0 Å². The first-order chi connectivity index (χ1) is 9.37. The quantitative estimate of drug-likeness (QED) is 0.697. The van der Waals surface area contributed by atoms with Crippen LogP contribution in [0.4, 0.5) is 0 Å². The maximum Gasteiger partial charge on any atom is 0.224 e. The van der Waals surface area contributed by atoms with Crippen LogP contribution >= 0.6 is 0 Å². The first kappa shape index (κ1) is 17.4. The zero-order chi connectivity index (χ0) is 15.2. The molecule has 1 saturated carbocycles. The fourth-order valence-electron chi connectivity index (χ4n) is 3.19. The summed E-state index contributed by atoms with van der Waals surface area (Å²) >= 11 is 0. The molecule has 0 spiro atoms. The minimum Gasteiger partial charge on any atom is -0.396 e. The van der Waals surface area contributed by atoms with Crippen molar-refractivity contribution >= 4 is 5.91 Å². The molecule has 0 aromatic carbocycles. The van der Waals surface area contributed by atoms with E-state index in [1.807, 2.05) is 0 Å². The molecule has 4 nitrogen and oxygen atoms in total. The van der Waals surface area contributed by atoms with Gasteiger partial charge < -0.3 is 16.2 Å². The number of aliphatic hydroxyl groups is 1. The molecule has 20 heavy (non-hydrogen) atoms. The van der Waals surface area contributed by atoms with Gasteiger partial charge in [-0.05, 0) is 36.5 Å². The van der Waals surface area contributed by atoms with E-state index in [1.165, 1.54) is 12.8 Å². The monoisotopic (exact) mass is 284 g/mol. The van der Waals surface area contributed by atoms with E-state index >= 15 is 0 Å². The van der Waals surface area contributed by atoms with Gasteiger partial charge in [0.05, 0.1) is 5.92 Å². The van der Waals surface area contributed by atoms with Crippen molar-refractivity contribution in [3.63, 3.8) is 0 Å². The Kier molecular flexibility index (Phi) is 6.96. The van der Waals surface area contributed by atoms with Gasteiger partial charge in [0.25, 0.3) is 0 Å². The molecule has 0 heterocycles. The first-order valence-electron chi connectivity index (χ1n) is 7.96. The number of nitrogens with one attached hydrogen (secondary N) is 1. The molecular weight excluding hydrogens is 252 g/mol. The largest absolute Gasteiger partial charge is 0.396 e. The molecule has 0 bridgehead atoms. The maximum absolute atomic E-state index is 12.2. The lowest BCUT2D eigenvalue weighted by atomic mass is 9.79. The van der Waals surface area contributed by atoms with Crippen LogP contribution in [0, 0.1) is 23.2 Å². The van der Waals surface area contributed by atoms with Crippen molar-refractivity contribution in [3.8, 4) is 0 Å². The third-order valence-electron chi connectivity index (χ3n) is 4.35. The maximum atomic E-state index is 12.2. The van der Waals surface area contributed by atoms with E-state index in [9.17, 15) is 9.90 Å². The molecule has 0 aromatic heterocycles. The predicted octanol–water partition coefficient (Wildman–Crippen LogP) is 1.91. The third-order valence-corrected chi connectivity index (χ3v) is 4.35. The summed E-state index contributed by atoms with van der Waals surface area (Å²) in [6.45, 7) is 7.72. The smallest absolute Gasteiger partial charge is 0.224 e. The summed E-state index contributed by atoms with van der Waals surface area (Å²) < 4.78 is 0. The van der Waals surface area contributed by atoms with Crippen molar-refractivity contribution in [2.24, 2.45) is 28.9 Å². The number of rotatable bonds is 6. The first-order valence-corrected chi connectivity index (χ1v) is 7.96. The van der Waals surface area contributed by atoms with Gasteiger partial charge in [-0.2, -0.15) is 0 Å². The molecule has 0 saturated heterocycles. The highest BCUT2D eigenvalue weighted by molar-refractivity contribution is 5.78. The predicted molar refractivity (Wildman–Crippen MR) is 82.2 cm³/mol. The van der Waals surface area contributed by atoms with Crippen molar-refractivity contribution in [1.29, 1.82) is 0 Å². The summed E-state index contributed by atoms with van der Waals surface area (Å²) in [5.74, 6) is 0.740. The molecule has 1 aliphatic carbocycles. The second-order valence-corrected chi connectivity index (χ2v) is 7.43. The van der Waals surface area contributed by atoms with E-state index in [4.69, 9.17) is 5.73 Å². The molecule has 1 aliphatic rings. The van der Waals surface area contributed by atoms with Crippen LogP contribution in [0.1, 0.15) is 52.9 Å². The third kappa shape index (κ3) is 5.80. The number of carbonyl (C=O) groups is 1. The number of hydrogen-bond acceptors (Lipinski definition) is 3. The van der Waals surface area contributed by atoms with E-state index in [1.54, 1.807) is 0 Å². The van der Waals surface area contributed by atoms with E-state index in [-0.39, 0.29) is 23.8 Å². The van der Waals surface area contributed by atoms with Gasteiger partial charge in [-0.25, -0.2) is 0 Å². The number of carbonyl (C=O) groups excluding carboxylic acids is 1. The molecule has 4 N–H and O–H groups in total. The Morgan fingerprint density at radius 2 is 1.90 bits per heavy atom. The van der Waals surface area contributed by atoms with Gasteiger partial charge in [-0.15, -0.1) is 0 Å². The van der Waals surface area contributed by atoms with Crippen LogP contribution in [0.5, 0.6) is 0 Å². The number of aliphatic hydroxyl groups excluding tert-OH is 1. The Balaban J connectivity index is 2.44. The summed E-state index contributed by atoms with van der Waals surface area (Å²) in [6.07, 6.45) is 5.41. The van der Waals surface area contributed by atoms with Gasteiger partial charge in [0.2, 0.25) is 5.91 Å². The van der Waals surface area contributed by atoms with Crippen LogP contribution in [0.3, 0.4) is 0 Å². The molecule has 0 radical (unpaired) electrons. The van der Waals surface area contributed by atoms with Gasteiger partial charge >= 0.3 is 0 Å². The highest BCUT2D eigenvalue weighted by Crippen LogP contribution is 2.29. The van der Waals surface area contributed by atoms with Crippen molar-refractivity contribution in [3.05, 3.63) is 0 Å². The number of amides is 1.